The first-order valence-corrected chi connectivity index (χ1v) is 11.4. The van der Waals surface area contributed by atoms with Crippen LogP contribution >= 0.6 is 0 Å². The van der Waals surface area contributed by atoms with E-state index < -0.39 is 5.67 Å². The standard InChI is InChI=1S/C22H21FN4.2C2H6/c1-3-22(23)15(2)21-26(16-9-5-4-6-10-16)19-13-24-14-25-20(19)27(21)18-12-8-7-11-17(18)22;2*1-2/h4-15,21H,3H2,1-2H3;2*1-2H3. The largest absolute Gasteiger partial charge is 0.315 e. The Labute approximate surface area is 185 Å². The zero-order chi connectivity index (χ0) is 22.6. The first-order valence-electron chi connectivity index (χ1n) is 11.4. The average Bonchev–Trinajstić information content (AvgIpc) is 3.21. The Morgan fingerprint density at radius 1 is 0.903 bits per heavy atom. The molecule has 3 aromatic rings. The van der Waals surface area contributed by atoms with Crippen LogP contribution in [0.25, 0.3) is 0 Å². The number of fused-ring (bicyclic) bond motifs is 5. The highest BCUT2D eigenvalue weighted by Gasteiger charge is 2.55. The minimum Gasteiger partial charge on any atom is -0.315 e. The van der Waals surface area contributed by atoms with Gasteiger partial charge in [0.25, 0.3) is 0 Å². The topological polar surface area (TPSA) is 32.3 Å². The lowest BCUT2D eigenvalue weighted by molar-refractivity contribution is 0.0620. The van der Waals surface area contributed by atoms with Crippen molar-refractivity contribution in [2.24, 2.45) is 5.92 Å². The van der Waals surface area contributed by atoms with E-state index in [4.69, 9.17) is 0 Å². The first kappa shape index (κ1) is 22.7. The number of hydrogen-bond acceptors (Lipinski definition) is 4. The summed E-state index contributed by atoms with van der Waals surface area (Å²) in [6.07, 6.45) is 3.63. The Bertz CT molecular complexity index is 993. The zero-order valence-electron chi connectivity index (χ0n) is 19.4. The van der Waals surface area contributed by atoms with Gasteiger partial charge in [0.1, 0.15) is 23.8 Å². The van der Waals surface area contributed by atoms with Crippen molar-refractivity contribution in [3.05, 3.63) is 72.7 Å². The van der Waals surface area contributed by atoms with E-state index in [9.17, 15) is 0 Å². The Morgan fingerprint density at radius 2 is 1.55 bits per heavy atom. The number of benzene rings is 2. The molecule has 0 bridgehead atoms. The Balaban J connectivity index is 0.000000645. The fraction of sp³-hybridized carbons (Fsp3) is 0.385. The lowest BCUT2D eigenvalue weighted by Crippen LogP contribution is -2.54. The second-order valence-electron chi connectivity index (χ2n) is 7.24. The number of halogens is 1. The van der Waals surface area contributed by atoms with E-state index in [0.29, 0.717) is 6.42 Å². The molecule has 5 heteroatoms. The van der Waals surface area contributed by atoms with Crippen molar-refractivity contribution in [3.8, 4) is 0 Å². The lowest BCUT2D eigenvalue weighted by atomic mass is 9.75. The molecule has 2 aromatic carbocycles. The summed E-state index contributed by atoms with van der Waals surface area (Å²) in [7, 11) is 0. The first-order chi connectivity index (χ1) is 15.2. The number of alkyl halides is 1. The molecule has 5 rings (SSSR count). The second kappa shape index (κ2) is 9.46. The van der Waals surface area contributed by atoms with Crippen LogP contribution in [0.3, 0.4) is 0 Å². The molecule has 164 valence electrons. The maximum Gasteiger partial charge on any atom is 0.162 e. The van der Waals surface area contributed by atoms with Crippen LogP contribution in [0.1, 0.15) is 53.5 Å². The van der Waals surface area contributed by atoms with Gasteiger partial charge in [0, 0.05) is 17.2 Å². The molecule has 31 heavy (non-hydrogen) atoms. The van der Waals surface area contributed by atoms with Gasteiger partial charge in [-0.15, -0.1) is 0 Å². The molecule has 4 nitrogen and oxygen atoms in total. The van der Waals surface area contributed by atoms with Crippen molar-refractivity contribution in [1.29, 1.82) is 0 Å². The summed E-state index contributed by atoms with van der Waals surface area (Å²) in [5.41, 5.74) is 2.17. The van der Waals surface area contributed by atoms with Gasteiger partial charge in [-0.05, 0) is 24.6 Å². The van der Waals surface area contributed by atoms with Crippen LogP contribution in [-0.2, 0) is 5.67 Å². The summed E-state index contributed by atoms with van der Waals surface area (Å²) < 4.78 is 16.3. The molecule has 0 saturated carbocycles. The van der Waals surface area contributed by atoms with Crippen LogP contribution < -0.4 is 9.80 Å². The highest BCUT2D eigenvalue weighted by Crippen LogP contribution is 2.58. The molecule has 3 heterocycles. The minimum atomic E-state index is -1.40. The third kappa shape index (κ3) is 3.46. The van der Waals surface area contributed by atoms with Crippen LogP contribution in [0.2, 0.25) is 0 Å². The van der Waals surface area contributed by atoms with Gasteiger partial charge in [-0.2, -0.15) is 0 Å². The summed E-state index contributed by atoms with van der Waals surface area (Å²) in [6.45, 7) is 11.9. The van der Waals surface area contributed by atoms with E-state index in [-0.39, 0.29) is 12.1 Å². The number of rotatable bonds is 2. The van der Waals surface area contributed by atoms with Crippen molar-refractivity contribution in [1.82, 2.24) is 9.97 Å². The third-order valence-electron chi connectivity index (χ3n) is 6.02. The summed E-state index contributed by atoms with van der Waals surface area (Å²) in [4.78, 5) is 13.2. The maximum absolute atomic E-state index is 16.3. The molecule has 0 amide bonds. The van der Waals surface area contributed by atoms with Crippen LogP contribution in [0, 0.1) is 5.92 Å². The fourth-order valence-corrected chi connectivity index (χ4v) is 4.67. The second-order valence-corrected chi connectivity index (χ2v) is 7.24. The summed E-state index contributed by atoms with van der Waals surface area (Å²) >= 11 is 0. The van der Waals surface area contributed by atoms with Gasteiger partial charge >= 0.3 is 0 Å². The number of anilines is 4. The van der Waals surface area contributed by atoms with E-state index in [1.165, 1.54) is 0 Å². The number of hydrogen-bond donors (Lipinski definition) is 0. The highest BCUT2D eigenvalue weighted by molar-refractivity contribution is 5.87. The van der Waals surface area contributed by atoms with E-state index in [0.717, 1.165) is 28.4 Å². The third-order valence-corrected chi connectivity index (χ3v) is 6.02. The van der Waals surface area contributed by atoms with Crippen molar-refractivity contribution in [2.75, 3.05) is 9.80 Å². The van der Waals surface area contributed by atoms with Crippen molar-refractivity contribution < 1.29 is 4.39 Å². The van der Waals surface area contributed by atoms with Gasteiger partial charge in [-0.3, -0.25) is 0 Å². The van der Waals surface area contributed by atoms with E-state index >= 15 is 4.39 Å². The zero-order valence-corrected chi connectivity index (χ0v) is 19.4. The summed E-state index contributed by atoms with van der Waals surface area (Å²) in [5.74, 6) is 0.572. The molecule has 0 saturated heterocycles. The van der Waals surface area contributed by atoms with Crippen LogP contribution in [-0.4, -0.2) is 16.1 Å². The van der Waals surface area contributed by atoms with Gasteiger partial charge in [0.2, 0.25) is 0 Å². The Hall–Kier alpha value is -2.95. The molecule has 2 aliphatic heterocycles. The molecule has 0 fully saturated rings. The van der Waals surface area contributed by atoms with E-state index in [2.05, 4.69) is 31.9 Å². The molecular formula is C26H33FN4. The van der Waals surface area contributed by atoms with E-state index in [1.54, 1.807) is 6.33 Å². The van der Waals surface area contributed by atoms with Crippen LogP contribution in [0.5, 0.6) is 0 Å². The van der Waals surface area contributed by atoms with Crippen LogP contribution in [0.4, 0.5) is 27.3 Å². The number of para-hydroxylation sites is 2. The fourth-order valence-electron chi connectivity index (χ4n) is 4.67. The predicted octanol–water partition coefficient (Wildman–Crippen LogP) is 7.37. The Morgan fingerprint density at radius 3 is 2.23 bits per heavy atom. The SMILES string of the molecule is CC.CC.CCC1(F)c2ccccc2N2c3ncncc3N(c3ccccc3)C2C1C. The van der Waals surface area contributed by atoms with Crippen molar-refractivity contribution >= 4 is 22.9 Å². The summed E-state index contributed by atoms with van der Waals surface area (Å²) in [5, 5.41) is 0. The van der Waals surface area contributed by atoms with Crippen LogP contribution in [0.15, 0.2) is 67.1 Å². The molecule has 2 aliphatic rings. The quantitative estimate of drug-likeness (QED) is 0.433. The minimum absolute atomic E-state index is 0.195. The predicted molar refractivity (Wildman–Crippen MR) is 128 cm³/mol. The number of nitrogens with zero attached hydrogens (tertiary/aromatic N) is 4. The van der Waals surface area contributed by atoms with Crippen molar-refractivity contribution in [2.45, 2.75) is 59.8 Å². The molecule has 0 spiro atoms. The highest BCUT2D eigenvalue weighted by atomic mass is 19.1. The van der Waals surface area contributed by atoms with Crippen molar-refractivity contribution in [3.63, 3.8) is 0 Å². The normalized spacial score (nSPS) is 22.8. The average molecular weight is 421 g/mol. The van der Waals surface area contributed by atoms with Gasteiger partial charge < -0.3 is 9.80 Å². The molecule has 3 unspecified atom stereocenters. The number of aromatic nitrogens is 2. The maximum atomic E-state index is 16.3. The van der Waals surface area contributed by atoms with Gasteiger partial charge in [-0.1, -0.05) is 77.9 Å². The summed E-state index contributed by atoms with van der Waals surface area (Å²) in [6, 6.07) is 17.9. The molecule has 0 radical (unpaired) electrons. The van der Waals surface area contributed by atoms with E-state index in [1.807, 2.05) is 90.2 Å². The molecule has 1 aromatic heterocycles. The van der Waals surface area contributed by atoms with Gasteiger partial charge in [0.05, 0.1) is 11.9 Å². The smallest absolute Gasteiger partial charge is 0.162 e. The van der Waals surface area contributed by atoms with Gasteiger partial charge in [0.15, 0.2) is 5.82 Å². The van der Waals surface area contributed by atoms with Gasteiger partial charge in [-0.25, -0.2) is 14.4 Å². The monoisotopic (exact) mass is 420 g/mol. The molecule has 0 N–H and O–H groups in total. The molecular weight excluding hydrogens is 387 g/mol. The molecule has 3 atom stereocenters. The Kier molecular flexibility index (Phi) is 6.94. The molecule has 0 aliphatic carbocycles. The lowest BCUT2D eigenvalue weighted by Gasteiger charge is -2.48.